The summed E-state index contributed by atoms with van der Waals surface area (Å²) in [6.45, 7) is 4.89. The molecule has 0 spiro atoms. The second kappa shape index (κ2) is 7.09. The molecule has 0 radical (unpaired) electrons. The number of hydrogen-bond donors (Lipinski definition) is 1. The van der Waals surface area contributed by atoms with Crippen molar-refractivity contribution in [3.63, 3.8) is 0 Å². The number of ether oxygens (including phenoxy) is 2. The van der Waals surface area contributed by atoms with Gasteiger partial charge in [-0.1, -0.05) is 24.3 Å². The second-order valence-corrected chi connectivity index (χ2v) is 4.95. The van der Waals surface area contributed by atoms with E-state index in [-0.39, 0.29) is 6.04 Å². The molecule has 0 aliphatic carbocycles. The van der Waals surface area contributed by atoms with Crippen LogP contribution in [0.5, 0.6) is 11.5 Å². The fourth-order valence-electron chi connectivity index (χ4n) is 2.41. The standard InChI is InChI=1S/C17H22N2O2/c1-12-7-5-6-8-14(12)13(2)19-11-15-17(21-4)16(20-3)9-10-18-15/h5-10,13,19H,11H2,1-4H3. The third-order valence-corrected chi connectivity index (χ3v) is 3.60. The number of methoxy groups -OCH3 is 2. The molecule has 1 unspecified atom stereocenters. The number of aryl methyl sites for hydroxylation is 1. The van der Waals surface area contributed by atoms with Crippen LogP contribution < -0.4 is 14.8 Å². The number of aromatic nitrogens is 1. The number of nitrogens with one attached hydrogen (secondary N) is 1. The van der Waals surface area contributed by atoms with Crippen LogP contribution in [0.15, 0.2) is 36.5 Å². The van der Waals surface area contributed by atoms with Crippen LogP contribution in [0.25, 0.3) is 0 Å². The van der Waals surface area contributed by atoms with E-state index in [9.17, 15) is 0 Å². The molecule has 1 N–H and O–H groups in total. The Morgan fingerprint density at radius 1 is 1.14 bits per heavy atom. The first-order valence-electron chi connectivity index (χ1n) is 7.02. The summed E-state index contributed by atoms with van der Waals surface area (Å²) < 4.78 is 10.7. The Labute approximate surface area is 126 Å². The zero-order chi connectivity index (χ0) is 15.2. The molecule has 4 nitrogen and oxygen atoms in total. The molecule has 21 heavy (non-hydrogen) atoms. The number of benzene rings is 1. The van der Waals surface area contributed by atoms with Crippen molar-refractivity contribution in [1.82, 2.24) is 10.3 Å². The quantitative estimate of drug-likeness (QED) is 0.885. The highest BCUT2D eigenvalue weighted by molar-refractivity contribution is 5.42. The molecule has 0 aliphatic rings. The lowest BCUT2D eigenvalue weighted by Crippen LogP contribution is -2.20. The maximum Gasteiger partial charge on any atom is 0.183 e. The minimum atomic E-state index is 0.240. The molecule has 2 aromatic rings. The molecule has 0 aliphatic heterocycles. The molecule has 1 aromatic heterocycles. The molecule has 1 atom stereocenters. The van der Waals surface area contributed by atoms with E-state index in [1.807, 2.05) is 0 Å². The summed E-state index contributed by atoms with van der Waals surface area (Å²) in [5.41, 5.74) is 3.42. The van der Waals surface area contributed by atoms with Crippen LogP contribution in [0.2, 0.25) is 0 Å². The third-order valence-electron chi connectivity index (χ3n) is 3.60. The van der Waals surface area contributed by atoms with Crippen LogP contribution in [0, 0.1) is 6.92 Å². The van der Waals surface area contributed by atoms with Crippen molar-refractivity contribution in [2.75, 3.05) is 14.2 Å². The smallest absolute Gasteiger partial charge is 0.183 e. The molecule has 0 fully saturated rings. The fourth-order valence-corrected chi connectivity index (χ4v) is 2.41. The van der Waals surface area contributed by atoms with Gasteiger partial charge in [-0.3, -0.25) is 4.98 Å². The largest absolute Gasteiger partial charge is 0.493 e. The van der Waals surface area contributed by atoms with E-state index < -0.39 is 0 Å². The van der Waals surface area contributed by atoms with Gasteiger partial charge in [-0.25, -0.2) is 0 Å². The first-order chi connectivity index (χ1) is 10.2. The van der Waals surface area contributed by atoms with Crippen molar-refractivity contribution in [2.24, 2.45) is 0 Å². The SMILES string of the molecule is COc1ccnc(CNC(C)c2ccccc2C)c1OC. The zero-order valence-electron chi connectivity index (χ0n) is 13.0. The van der Waals surface area contributed by atoms with Gasteiger partial charge in [0, 0.05) is 24.8 Å². The molecule has 0 amide bonds. The summed E-state index contributed by atoms with van der Waals surface area (Å²) in [5.74, 6) is 1.39. The number of nitrogens with zero attached hydrogens (tertiary/aromatic N) is 1. The van der Waals surface area contributed by atoms with Gasteiger partial charge in [0.1, 0.15) is 0 Å². The lowest BCUT2D eigenvalue weighted by atomic mass is 10.0. The highest BCUT2D eigenvalue weighted by atomic mass is 16.5. The normalized spacial score (nSPS) is 12.0. The number of hydrogen-bond acceptors (Lipinski definition) is 4. The Morgan fingerprint density at radius 3 is 2.57 bits per heavy atom. The lowest BCUT2D eigenvalue weighted by Gasteiger charge is -2.18. The molecular weight excluding hydrogens is 264 g/mol. The maximum absolute atomic E-state index is 5.40. The van der Waals surface area contributed by atoms with Crippen LogP contribution in [-0.2, 0) is 6.54 Å². The van der Waals surface area contributed by atoms with Gasteiger partial charge in [0.25, 0.3) is 0 Å². The van der Waals surface area contributed by atoms with E-state index in [0.29, 0.717) is 18.0 Å². The summed E-state index contributed by atoms with van der Waals surface area (Å²) in [6.07, 6.45) is 1.73. The van der Waals surface area contributed by atoms with Gasteiger partial charge in [-0.15, -0.1) is 0 Å². The minimum absolute atomic E-state index is 0.240. The summed E-state index contributed by atoms with van der Waals surface area (Å²) in [7, 11) is 3.26. The zero-order valence-corrected chi connectivity index (χ0v) is 13.0. The van der Waals surface area contributed by atoms with Crippen molar-refractivity contribution in [3.05, 3.63) is 53.3 Å². The number of pyridine rings is 1. The van der Waals surface area contributed by atoms with E-state index in [4.69, 9.17) is 9.47 Å². The van der Waals surface area contributed by atoms with Gasteiger partial charge >= 0.3 is 0 Å². The van der Waals surface area contributed by atoms with Crippen LogP contribution in [-0.4, -0.2) is 19.2 Å². The van der Waals surface area contributed by atoms with Crippen molar-refractivity contribution in [1.29, 1.82) is 0 Å². The molecule has 112 valence electrons. The van der Waals surface area contributed by atoms with Gasteiger partial charge < -0.3 is 14.8 Å². The van der Waals surface area contributed by atoms with E-state index >= 15 is 0 Å². The van der Waals surface area contributed by atoms with E-state index in [1.165, 1.54) is 11.1 Å². The fraction of sp³-hybridized carbons (Fsp3) is 0.353. The van der Waals surface area contributed by atoms with Gasteiger partial charge in [0.05, 0.1) is 19.9 Å². The maximum atomic E-state index is 5.40. The lowest BCUT2D eigenvalue weighted by molar-refractivity contribution is 0.347. The third kappa shape index (κ3) is 3.52. The van der Waals surface area contributed by atoms with Gasteiger partial charge in [-0.2, -0.15) is 0 Å². The molecular formula is C17H22N2O2. The summed E-state index contributed by atoms with van der Waals surface area (Å²) in [4.78, 5) is 4.38. The Morgan fingerprint density at radius 2 is 1.90 bits per heavy atom. The van der Waals surface area contributed by atoms with E-state index in [2.05, 4.69) is 48.4 Å². The molecule has 0 bridgehead atoms. The molecule has 0 saturated carbocycles. The molecule has 1 heterocycles. The van der Waals surface area contributed by atoms with Crippen molar-refractivity contribution < 1.29 is 9.47 Å². The monoisotopic (exact) mass is 286 g/mol. The van der Waals surface area contributed by atoms with Crippen molar-refractivity contribution >= 4 is 0 Å². The highest BCUT2D eigenvalue weighted by Crippen LogP contribution is 2.29. The molecule has 4 heteroatoms. The summed E-state index contributed by atoms with van der Waals surface area (Å²) in [6, 6.07) is 10.4. The Hall–Kier alpha value is -2.07. The molecule has 1 aromatic carbocycles. The predicted octanol–water partition coefficient (Wildman–Crippen LogP) is 3.26. The average molecular weight is 286 g/mol. The topological polar surface area (TPSA) is 43.4 Å². The van der Waals surface area contributed by atoms with Crippen LogP contribution >= 0.6 is 0 Å². The summed E-state index contributed by atoms with van der Waals surface area (Å²) in [5, 5.41) is 3.48. The minimum Gasteiger partial charge on any atom is -0.493 e. The Kier molecular flexibility index (Phi) is 5.17. The van der Waals surface area contributed by atoms with E-state index in [1.54, 1.807) is 26.5 Å². The van der Waals surface area contributed by atoms with Gasteiger partial charge in [-0.05, 0) is 25.0 Å². The van der Waals surface area contributed by atoms with Crippen molar-refractivity contribution in [2.45, 2.75) is 26.4 Å². The first-order valence-corrected chi connectivity index (χ1v) is 7.02. The van der Waals surface area contributed by atoms with E-state index in [0.717, 1.165) is 5.69 Å². The van der Waals surface area contributed by atoms with Crippen molar-refractivity contribution in [3.8, 4) is 11.5 Å². The number of rotatable bonds is 6. The van der Waals surface area contributed by atoms with Crippen LogP contribution in [0.4, 0.5) is 0 Å². The highest BCUT2D eigenvalue weighted by Gasteiger charge is 2.13. The Bertz CT molecular complexity index is 599. The summed E-state index contributed by atoms with van der Waals surface area (Å²) >= 11 is 0. The molecule has 2 rings (SSSR count). The van der Waals surface area contributed by atoms with Gasteiger partial charge in [0.2, 0.25) is 0 Å². The Balaban J connectivity index is 2.11. The average Bonchev–Trinajstić information content (AvgIpc) is 2.52. The van der Waals surface area contributed by atoms with Crippen LogP contribution in [0.1, 0.15) is 29.8 Å². The predicted molar refractivity (Wildman–Crippen MR) is 83.8 cm³/mol. The molecule has 0 saturated heterocycles. The first kappa shape index (κ1) is 15.3. The van der Waals surface area contributed by atoms with Crippen LogP contribution in [0.3, 0.4) is 0 Å². The van der Waals surface area contributed by atoms with Gasteiger partial charge in [0.15, 0.2) is 11.5 Å². The second-order valence-electron chi connectivity index (χ2n) is 4.95.